The Balaban J connectivity index is 2.06. The maximum atomic E-state index is 10.9. The predicted octanol–water partition coefficient (Wildman–Crippen LogP) is 0.681. The van der Waals surface area contributed by atoms with Gasteiger partial charge < -0.3 is 14.4 Å². The molecule has 0 aliphatic carbocycles. The Bertz CT molecular complexity index is 361. The number of hydrogen-bond donors (Lipinski definition) is 1. The molecular formula is C10H14N2O3. The van der Waals surface area contributed by atoms with Crippen molar-refractivity contribution in [1.29, 1.82) is 0 Å². The molecule has 1 aromatic heterocycles. The smallest absolute Gasteiger partial charge is 0.333 e. The average molecular weight is 210 g/mol. The molecule has 2 atom stereocenters. The summed E-state index contributed by atoms with van der Waals surface area (Å²) < 4.78 is 7.15. The van der Waals surface area contributed by atoms with Crippen LogP contribution in [0.5, 0.6) is 0 Å². The Morgan fingerprint density at radius 3 is 3.20 bits per heavy atom. The van der Waals surface area contributed by atoms with Crippen LogP contribution in [0.1, 0.15) is 12.2 Å². The second-order valence-electron chi connectivity index (χ2n) is 3.81. The topological polar surface area (TPSA) is 64.4 Å². The van der Waals surface area contributed by atoms with E-state index in [-0.39, 0.29) is 5.92 Å². The van der Waals surface area contributed by atoms with Crippen LogP contribution in [0.4, 0.5) is 0 Å². The first kappa shape index (κ1) is 10.2. The van der Waals surface area contributed by atoms with Gasteiger partial charge in [-0.1, -0.05) is 0 Å². The molecule has 0 saturated carbocycles. The first-order valence-electron chi connectivity index (χ1n) is 5.00. The van der Waals surface area contributed by atoms with Gasteiger partial charge in [0.1, 0.15) is 5.82 Å². The molecule has 5 nitrogen and oxygen atoms in total. The van der Waals surface area contributed by atoms with Gasteiger partial charge in [0.2, 0.25) is 0 Å². The number of carboxylic acids is 1. The molecule has 0 spiro atoms. The number of nitrogens with zero attached hydrogens (tertiary/aromatic N) is 2. The predicted molar refractivity (Wildman–Crippen MR) is 52.4 cm³/mol. The average Bonchev–Trinajstić information content (AvgIpc) is 2.77. The van der Waals surface area contributed by atoms with Crippen molar-refractivity contribution >= 4 is 5.97 Å². The molecule has 5 heteroatoms. The van der Waals surface area contributed by atoms with E-state index < -0.39 is 12.1 Å². The van der Waals surface area contributed by atoms with Gasteiger partial charge in [0, 0.05) is 31.5 Å². The van der Waals surface area contributed by atoms with Gasteiger partial charge in [0.15, 0.2) is 6.10 Å². The van der Waals surface area contributed by atoms with Crippen LogP contribution in [0, 0.1) is 12.8 Å². The van der Waals surface area contributed by atoms with Crippen LogP contribution >= 0.6 is 0 Å². The second-order valence-corrected chi connectivity index (χ2v) is 3.81. The SMILES string of the molecule is Cc1nccn1CC1CCOC1C(=O)O. The van der Waals surface area contributed by atoms with Gasteiger partial charge in [-0.3, -0.25) is 0 Å². The van der Waals surface area contributed by atoms with Gasteiger partial charge in [-0.25, -0.2) is 9.78 Å². The van der Waals surface area contributed by atoms with Crippen molar-refractivity contribution in [3.8, 4) is 0 Å². The molecule has 2 rings (SSSR count). The molecule has 2 unspecified atom stereocenters. The number of imidazole rings is 1. The second kappa shape index (κ2) is 4.02. The van der Waals surface area contributed by atoms with Crippen molar-refractivity contribution in [3.05, 3.63) is 18.2 Å². The van der Waals surface area contributed by atoms with E-state index >= 15 is 0 Å². The molecule has 2 heterocycles. The van der Waals surface area contributed by atoms with E-state index in [2.05, 4.69) is 4.98 Å². The first-order chi connectivity index (χ1) is 7.18. The zero-order chi connectivity index (χ0) is 10.8. The number of rotatable bonds is 3. The highest BCUT2D eigenvalue weighted by atomic mass is 16.5. The molecule has 1 aliphatic rings. The highest BCUT2D eigenvalue weighted by Crippen LogP contribution is 2.23. The van der Waals surface area contributed by atoms with E-state index in [9.17, 15) is 4.79 Å². The highest BCUT2D eigenvalue weighted by Gasteiger charge is 2.34. The van der Waals surface area contributed by atoms with Crippen molar-refractivity contribution in [1.82, 2.24) is 9.55 Å². The Kier molecular flexibility index (Phi) is 2.73. The number of ether oxygens (including phenoxy) is 1. The van der Waals surface area contributed by atoms with Crippen LogP contribution in [0.15, 0.2) is 12.4 Å². The Morgan fingerprint density at radius 2 is 2.60 bits per heavy atom. The summed E-state index contributed by atoms with van der Waals surface area (Å²) >= 11 is 0. The lowest BCUT2D eigenvalue weighted by Gasteiger charge is -2.15. The van der Waals surface area contributed by atoms with Crippen molar-refractivity contribution < 1.29 is 14.6 Å². The molecule has 1 N–H and O–H groups in total. The number of aryl methyl sites for hydroxylation is 1. The Labute approximate surface area is 87.7 Å². The third-order valence-corrected chi connectivity index (χ3v) is 2.81. The van der Waals surface area contributed by atoms with Crippen LogP contribution in [0.25, 0.3) is 0 Å². The normalized spacial score (nSPS) is 25.7. The molecule has 0 radical (unpaired) electrons. The molecule has 0 bridgehead atoms. The molecule has 1 aliphatic heterocycles. The Hall–Kier alpha value is -1.36. The number of hydrogen-bond acceptors (Lipinski definition) is 3. The number of carboxylic acid groups (broad SMARTS) is 1. The van der Waals surface area contributed by atoms with E-state index in [0.717, 1.165) is 12.2 Å². The van der Waals surface area contributed by atoms with Crippen molar-refractivity contribution in [2.24, 2.45) is 5.92 Å². The monoisotopic (exact) mass is 210 g/mol. The summed E-state index contributed by atoms with van der Waals surface area (Å²) in [6, 6.07) is 0. The van der Waals surface area contributed by atoms with Crippen molar-refractivity contribution in [2.75, 3.05) is 6.61 Å². The summed E-state index contributed by atoms with van der Waals surface area (Å²) in [4.78, 5) is 15.0. The van der Waals surface area contributed by atoms with E-state index in [1.54, 1.807) is 6.20 Å². The summed E-state index contributed by atoms with van der Waals surface area (Å²) in [5, 5.41) is 8.93. The minimum absolute atomic E-state index is 0.0513. The fourth-order valence-electron chi connectivity index (χ4n) is 1.94. The molecule has 15 heavy (non-hydrogen) atoms. The van der Waals surface area contributed by atoms with Gasteiger partial charge >= 0.3 is 5.97 Å². The van der Waals surface area contributed by atoms with E-state index in [1.807, 2.05) is 17.7 Å². The maximum Gasteiger partial charge on any atom is 0.333 e. The lowest BCUT2D eigenvalue weighted by atomic mass is 10.0. The highest BCUT2D eigenvalue weighted by molar-refractivity contribution is 5.73. The molecule has 1 aromatic rings. The molecular weight excluding hydrogens is 196 g/mol. The molecule has 82 valence electrons. The number of carbonyl (C=O) groups is 1. The fraction of sp³-hybridized carbons (Fsp3) is 0.600. The Morgan fingerprint density at radius 1 is 1.80 bits per heavy atom. The fourth-order valence-corrected chi connectivity index (χ4v) is 1.94. The van der Waals surface area contributed by atoms with Gasteiger partial charge in [-0.15, -0.1) is 0 Å². The first-order valence-corrected chi connectivity index (χ1v) is 5.00. The van der Waals surface area contributed by atoms with Crippen LogP contribution in [-0.4, -0.2) is 33.3 Å². The van der Waals surface area contributed by atoms with Crippen molar-refractivity contribution in [2.45, 2.75) is 26.0 Å². The standard InChI is InChI=1S/C10H14N2O3/c1-7-11-3-4-12(7)6-8-2-5-15-9(8)10(13)14/h3-4,8-9H,2,5-6H2,1H3,(H,13,14). The van der Waals surface area contributed by atoms with Gasteiger partial charge in [-0.2, -0.15) is 0 Å². The van der Waals surface area contributed by atoms with Gasteiger partial charge in [0.05, 0.1) is 0 Å². The number of aliphatic carboxylic acids is 1. The lowest BCUT2D eigenvalue weighted by Crippen LogP contribution is -2.29. The summed E-state index contributed by atoms with van der Waals surface area (Å²) in [6.07, 6.45) is 3.73. The minimum Gasteiger partial charge on any atom is -0.479 e. The lowest BCUT2D eigenvalue weighted by molar-refractivity contribution is -0.149. The molecule has 0 aromatic carbocycles. The van der Waals surface area contributed by atoms with Crippen molar-refractivity contribution in [3.63, 3.8) is 0 Å². The third kappa shape index (κ3) is 2.02. The third-order valence-electron chi connectivity index (χ3n) is 2.81. The minimum atomic E-state index is -0.865. The van der Waals surface area contributed by atoms with E-state index in [0.29, 0.717) is 13.2 Å². The van der Waals surface area contributed by atoms with E-state index in [1.165, 1.54) is 0 Å². The summed E-state index contributed by atoms with van der Waals surface area (Å²) in [5.74, 6) is 0.0942. The maximum absolute atomic E-state index is 10.9. The van der Waals surface area contributed by atoms with Gasteiger partial charge in [-0.05, 0) is 13.3 Å². The number of aromatic nitrogens is 2. The summed E-state index contributed by atoms with van der Waals surface area (Å²) in [7, 11) is 0. The molecule has 1 saturated heterocycles. The van der Waals surface area contributed by atoms with Crippen LogP contribution in [0.2, 0.25) is 0 Å². The largest absolute Gasteiger partial charge is 0.479 e. The summed E-state index contributed by atoms with van der Waals surface area (Å²) in [5.41, 5.74) is 0. The van der Waals surface area contributed by atoms with E-state index in [4.69, 9.17) is 9.84 Å². The van der Waals surface area contributed by atoms with Crippen LogP contribution in [-0.2, 0) is 16.1 Å². The van der Waals surface area contributed by atoms with Gasteiger partial charge in [0.25, 0.3) is 0 Å². The zero-order valence-electron chi connectivity index (χ0n) is 8.59. The summed E-state index contributed by atoms with van der Waals surface area (Å²) in [6.45, 7) is 3.11. The quantitative estimate of drug-likeness (QED) is 0.796. The van der Waals surface area contributed by atoms with Crippen LogP contribution in [0.3, 0.4) is 0 Å². The molecule has 1 fully saturated rings. The van der Waals surface area contributed by atoms with Crippen LogP contribution < -0.4 is 0 Å². The molecule has 0 amide bonds. The zero-order valence-corrected chi connectivity index (χ0v) is 8.59.